The Bertz CT molecular complexity index is 951. The number of hydrogen-bond donors (Lipinski definition) is 1. The summed E-state index contributed by atoms with van der Waals surface area (Å²) < 4.78 is 1.91. The Balaban J connectivity index is 1.93. The molecule has 3 heterocycles. The number of aryl methyl sites for hydroxylation is 2. The van der Waals surface area contributed by atoms with E-state index in [1.165, 1.54) is 11.9 Å². The Hall–Kier alpha value is -2.80. The molecule has 0 spiro atoms. The summed E-state index contributed by atoms with van der Waals surface area (Å²) in [6.07, 6.45) is 5.25. The van der Waals surface area contributed by atoms with Gasteiger partial charge in [0.15, 0.2) is 5.82 Å². The second kappa shape index (κ2) is 5.44. The first-order chi connectivity index (χ1) is 11.2. The number of H-pyrrole nitrogens is 1. The summed E-state index contributed by atoms with van der Waals surface area (Å²) in [7, 11) is 1.95. The predicted molar refractivity (Wildman–Crippen MR) is 89.9 cm³/mol. The predicted octanol–water partition coefficient (Wildman–Crippen LogP) is 3.30. The molecule has 0 saturated heterocycles. The fourth-order valence-corrected chi connectivity index (χ4v) is 3.44. The van der Waals surface area contributed by atoms with Crippen molar-refractivity contribution in [2.24, 2.45) is 7.05 Å². The van der Waals surface area contributed by atoms with Crippen molar-refractivity contribution in [2.75, 3.05) is 0 Å². The minimum absolute atomic E-state index is 0.725. The first-order valence-electron chi connectivity index (χ1n) is 7.13. The lowest BCUT2D eigenvalue weighted by atomic mass is 10.1. The van der Waals surface area contributed by atoms with Gasteiger partial charge in [0, 0.05) is 18.8 Å². The largest absolute Gasteiger partial charge is 0.340 e. The summed E-state index contributed by atoms with van der Waals surface area (Å²) >= 11 is 1.57. The van der Waals surface area contributed by atoms with E-state index in [0.29, 0.717) is 0 Å². The van der Waals surface area contributed by atoms with Crippen LogP contribution < -0.4 is 0 Å². The number of hydrogen-bond acceptors (Lipinski definition) is 5. The molecule has 0 aliphatic rings. The Labute approximate surface area is 136 Å². The lowest BCUT2D eigenvalue weighted by Gasteiger charge is -2.03. The van der Waals surface area contributed by atoms with Gasteiger partial charge in [-0.05, 0) is 12.5 Å². The Kier molecular flexibility index (Phi) is 3.27. The van der Waals surface area contributed by atoms with E-state index in [1.807, 2.05) is 29.9 Å². The van der Waals surface area contributed by atoms with Crippen LogP contribution in [0.25, 0.3) is 32.7 Å². The first kappa shape index (κ1) is 13.8. The Morgan fingerprint density at radius 2 is 2.04 bits per heavy atom. The van der Waals surface area contributed by atoms with Gasteiger partial charge in [0.25, 0.3) is 0 Å². The van der Waals surface area contributed by atoms with Gasteiger partial charge in [0.1, 0.15) is 17.0 Å². The van der Waals surface area contributed by atoms with E-state index in [2.05, 4.69) is 39.2 Å². The van der Waals surface area contributed by atoms with Crippen LogP contribution in [0.4, 0.5) is 0 Å². The summed E-state index contributed by atoms with van der Waals surface area (Å²) in [5.41, 5.74) is 4.03. The van der Waals surface area contributed by atoms with Crippen molar-refractivity contribution in [3.05, 3.63) is 48.7 Å². The summed E-state index contributed by atoms with van der Waals surface area (Å²) in [6.45, 7) is 2.08. The Morgan fingerprint density at radius 1 is 1.17 bits per heavy atom. The quantitative estimate of drug-likeness (QED) is 0.628. The van der Waals surface area contributed by atoms with Crippen LogP contribution in [0.2, 0.25) is 0 Å². The number of benzene rings is 1. The van der Waals surface area contributed by atoms with Crippen molar-refractivity contribution >= 4 is 11.3 Å². The van der Waals surface area contributed by atoms with E-state index in [9.17, 15) is 0 Å². The summed E-state index contributed by atoms with van der Waals surface area (Å²) in [5, 5.41) is 7.77. The van der Waals surface area contributed by atoms with Gasteiger partial charge in [-0.15, -0.1) is 11.3 Å². The zero-order chi connectivity index (χ0) is 15.8. The highest BCUT2D eigenvalue weighted by atomic mass is 32.1. The molecule has 7 heteroatoms. The topological polar surface area (TPSA) is 72.3 Å². The highest BCUT2D eigenvalue weighted by Crippen LogP contribution is 2.39. The van der Waals surface area contributed by atoms with Crippen LogP contribution in [0.3, 0.4) is 0 Å². The van der Waals surface area contributed by atoms with Gasteiger partial charge in [-0.25, -0.2) is 15.0 Å². The molecule has 114 valence electrons. The van der Waals surface area contributed by atoms with Crippen molar-refractivity contribution in [3.63, 3.8) is 0 Å². The SMILES string of the molecule is Cc1ccccc1-c1nc(-c2cn(C)cn2)sc1-c1ncn[nH]1. The van der Waals surface area contributed by atoms with E-state index < -0.39 is 0 Å². The maximum Gasteiger partial charge on any atom is 0.167 e. The second-order valence-corrected chi connectivity index (χ2v) is 6.27. The molecule has 0 fully saturated rings. The maximum absolute atomic E-state index is 4.84. The van der Waals surface area contributed by atoms with Crippen molar-refractivity contribution in [3.8, 4) is 32.7 Å². The van der Waals surface area contributed by atoms with E-state index in [-0.39, 0.29) is 0 Å². The molecule has 4 rings (SSSR count). The van der Waals surface area contributed by atoms with Crippen LogP contribution in [0, 0.1) is 6.92 Å². The molecular weight excluding hydrogens is 308 g/mol. The van der Waals surface area contributed by atoms with Crippen molar-refractivity contribution in [1.82, 2.24) is 29.7 Å². The molecule has 1 N–H and O–H groups in total. The molecule has 3 aromatic heterocycles. The number of aromatic nitrogens is 6. The number of nitrogens with one attached hydrogen (secondary N) is 1. The van der Waals surface area contributed by atoms with E-state index >= 15 is 0 Å². The standard InChI is InChI=1S/C16H14N6S/c1-10-5-3-4-6-11(10)13-14(15-17-8-19-21-15)23-16(20-13)12-7-22(2)9-18-12/h3-9H,1-2H3,(H,17,19,21). The molecule has 4 aromatic rings. The monoisotopic (exact) mass is 322 g/mol. The third-order valence-electron chi connectivity index (χ3n) is 3.58. The van der Waals surface area contributed by atoms with Gasteiger partial charge >= 0.3 is 0 Å². The van der Waals surface area contributed by atoms with Crippen LogP contribution in [0.5, 0.6) is 0 Å². The van der Waals surface area contributed by atoms with Gasteiger partial charge in [0.05, 0.1) is 16.9 Å². The minimum atomic E-state index is 0.725. The second-order valence-electron chi connectivity index (χ2n) is 5.27. The number of nitrogens with zero attached hydrogens (tertiary/aromatic N) is 5. The number of aromatic amines is 1. The van der Waals surface area contributed by atoms with Gasteiger partial charge in [0.2, 0.25) is 0 Å². The molecule has 0 bridgehead atoms. The fraction of sp³-hybridized carbons (Fsp3) is 0.125. The first-order valence-corrected chi connectivity index (χ1v) is 7.95. The Morgan fingerprint density at radius 3 is 2.74 bits per heavy atom. The summed E-state index contributed by atoms with van der Waals surface area (Å²) in [6, 6.07) is 8.21. The van der Waals surface area contributed by atoms with E-state index in [4.69, 9.17) is 4.98 Å². The highest BCUT2D eigenvalue weighted by Gasteiger charge is 2.19. The van der Waals surface area contributed by atoms with Crippen LogP contribution >= 0.6 is 11.3 Å². The molecule has 0 unspecified atom stereocenters. The van der Waals surface area contributed by atoms with E-state index in [0.717, 1.165) is 32.7 Å². The van der Waals surface area contributed by atoms with Gasteiger partial charge in [-0.3, -0.25) is 5.10 Å². The fourth-order valence-electron chi connectivity index (χ4n) is 2.45. The molecule has 23 heavy (non-hydrogen) atoms. The average molecular weight is 322 g/mol. The smallest absolute Gasteiger partial charge is 0.167 e. The van der Waals surface area contributed by atoms with Crippen LogP contribution in [-0.4, -0.2) is 29.7 Å². The van der Waals surface area contributed by atoms with Gasteiger partial charge in [-0.2, -0.15) is 5.10 Å². The average Bonchev–Trinajstić information content (AvgIpc) is 3.27. The van der Waals surface area contributed by atoms with Crippen molar-refractivity contribution in [1.29, 1.82) is 0 Å². The summed E-state index contributed by atoms with van der Waals surface area (Å²) in [5.74, 6) is 0.725. The molecule has 0 aliphatic carbocycles. The molecule has 6 nitrogen and oxygen atoms in total. The lowest BCUT2D eigenvalue weighted by molar-refractivity contribution is 0.913. The third-order valence-corrected chi connectivity index (χ3v) is 4.67. The van der Waals surface area contributed by atoms with Crippen LogP contribution in [0.15, 0.2) is 43.1 Å². The summed E-state index contributed by atoms with van der Waals surface area (Å²) in [4.78, 5) is 14.5. The van der Waals surface area contributed by atoms with Gasteiger partial charge in [-0.1, -0.05) is 24.3 Å². The van der Waals surface area contributed by atoms with Gasteiger partial charge < -0.3 is 4.57 Å². The molecule has 0 radical (unpaired) electrons. The lowest BCUT2D eigenvalue weighted by Crippen LogP contribution is -1.87. The molecule has 0 amide bonds. The highest BCUT2D eigenvalue weighted by molar-refractivity contribution is 7.18. The normalized spacial score (nSPS) is 11.0. The van der Waals surface area contributed by atoms with Crippen molar-refractivity contribution < 1.29 is 0 Å². The zero-order valence-electron chi connectivity index (χ0n) is 12.7. The molecular formula is C16H14N6S. The zero-order valence-corrected chi connectivity index (χ0v) is 13.5. The molecule has 0 aliphatic heterocycles. The third kappa shape index (κ3) is 2.44. The van der Waals surface area contributed by atoms with E-state index in [1.54, 1.807) is 17.7 Å². The van der Waals surface area contributed by atoms with Crippen LogP contribution in [-0.2, 0) is 7.05 Å². The number of imidazole rings is 1. The number of rotatable bonds is 3. The maximum atomic E-state index is 4.84. The molecule has 0 atom stereocenters. The molecule has 0 saturated carbocycles. The van der Waals surface area contributed by atoms with Crippen molar-refractivity contribution in [2.45, 2.75) is 6.92 Å². The van der Waals surface area contributed by atoms with Crippen LogP contribution in [0.1, 0.15) is 5.56 Å². The minimum Gasteiger partial charge on any atom is -0.340 e. The molecule has 1 aromatic carbocycles. The number of thiazole rings is 1.